The van der Waals surface area contributed by atoms with Crippen LogP contribution in [0.5, 0.6) is 0 Å². The van der Waals surface area contributed by atoms with Crippen LogP contribution in [0.3, 0.4) is 0 Å². The molecule has 0 saturated heterocycles. The molecule has 0 rings (SSSR count). The van der Waals surface area contributed by atoms with Crippen LogP contribution in [-0.2, 0) is 33.3 Å². The summed E-state index contributed by atoms with van der Waals surface area (Å²) < 4.78 is 22.7. The zero-order chi connectivity index (χ0) is 53.4. The van der Waals surface area contributed by atoms with Crippen molar-refractivity contribution in [2.45, 2.75) is 245 Å². The first-order chi connectivity index (χ1) is 35.6. The Labute approximate surface area is 448 Å². The molecule has 2 atom stereocenters. The average molecular weight is 1020 g/mol. The number of carbonyl (C=O) groups is 3. The quantitative estimate of drug-likeness (QED) is 0.0195. The van der Waals surface area contributed by atoms with Gasteiger partial charge in [0.05, 0.1) is 40.3 Å². The van der Waals surface area contributed by atoms with Crippen molar-refractivity contribution in [3.63, 3.8) is 0 Å². The molecule has 0 aliphatic rings. The predicted octanol–water partition coefficient (Wildman–Crippen LogP) is 16.0. The Balaban J connectivity index is 4.30. The third kappa shape index (κ3) is 55.8. The second-order valence-electron chi connectivity index (χ2n) is 20.5. The largest absolute Gasteiger partial charge is 0.545 e. The van der Waals surface area contributed by atoms with E-state index in [0.29, 0.717) is 17.4 Å². The number of carbonyl (C=O) groups excluding carboxylic acids is 3. The summed E-state index contributed by atoms with van der Waals surface area (Å²) in [6.45, 7) is 4.60. The van der Waals surface area contributed by atoms with E-state index in [4.69, 9.17) is 18.9 Å². The normalized spacial score (nSPS) is 13.5. The summed E-state index contributed by atoms with van der Waals surface area (Å²) in [5, 5.41) is 11.8. The maximum atomic E-state index is 12.9. The molecule has 0 aromatic carbocycles. The predicted molar refractivity (Wildman–Crippen MR) is 306 cm³/mol. The highest BCUT2D eigenvalue weighted by Crippen LogP contribution is 2.15. The highest BCUT2D eigenvalue weighted by Gasteiger charge is 2.22. The van der Waals surface area contributed by atoms with Crippen molar-refractivity contribution in [1.29, 1.82) is 0 Å². The minimum atomic E-state index is -1.63. The van der Waals surface area contributed by atoms with E-state index >= 15 is 0 Å². The molecule has 418 valence electrons. The van der Waals surface area contributed by atoms with Crippen LogP contribution in [0.15, 0.2) is 97.2 Å². The molecule has 0 N–H and O–H groups in total. The Hall–Kier alpha value is -3.79. The Morgan fingerprint density at radius 3 is 1.16 bits per heavy atom. The fraction of sp³-hybridized carbons (Fsp3) is 0.703. The Morgan fingerprint density at radius 2 is 0.781 bits per heavy atom. The molecule has 73 heavy (non-hydrogen) atoms. The summed E-state index contributed by atoms with van der Waals surface area (Å²) in [7, 11) is 5.91. The number of esters is 2. The van der Waals surface area contributed by atoms with E-state index < -0.39 is 24.3 Å². The van der Waals surface area contributed by atoms with Crippen molar-refractivity contribution in [1.82, 2.24) is 0 Å². The first-order valence-electron chi connectivity index (χ1n) is 29.4. The van der Waals surface area contributed by atoms with Gasteiger partial charge < -0.3 is 33.3 Å². The maximum absolute atomic E-state index is 12.9. The molecule has 0 spiro atoms. The van der Waals surface area contributed by atoms with Gasteiger partial charge in [-0.15, -0.1) is 0 Å². The van der Waals surface area contributed by atoms with Gasteiger partial charge in [-0.25, -0.2) is 0 Å². The highest BCUT2D eigenvalue weighted by molar-refractivity contribution is 5.70. The minimum absolute atomic E-state index is 0.140. The molecule has 9 nitrogen and oxygen atoms in total. The fourth-order valence-electron chi connectivity index (χ4n) is 7.80. The van der Waals surface area contributed by atoms with Gasteiger partial charge >= 0.3 is 11.9 Å². The van der Waals surface area contributed by atoms with Crippen molar-refractivity contribution >= 4 is 17.9 Å². The fourth-order valence-corrected chi connectivity index (χ4v) is 7.80. The van der Waals surface area contributed by atoms with Crippen LogP contribution in [0.4, 0.5) is 0 Å². The Kier molecular flexibility index (Phi) is 51.6. The molecule has 9 heteroatoms. The molecule has 0 aliphatic heterocycles. The molecule has 0 aromatic rings. The van der Waals surface area contributed by atoms with Crippen molar-refractivity contribution in [2.24, 2.45) is 0 Å². The molecule has 2 unspecified atom stereocenters. The first-order valence-corrected chi connectivity index (χ1v) is 29.4. The van der Waals surface area contributed by atoms with Crippen molar-refractivity contribution < 1.29 is 42.9 Å². The summed E-state index contributed by atoms with van der Waals surface area (Å²) in [5.74, 6) is -2.31. The number of carboxylic acid groups (broad SMARTS) is 1. The van der Waals surface area contributed by atoms with Gasteiger partial charge in [0, 0.05) is 12.8 Å². The molecular weight excluding hydrogens is 911 g/mol. The molecule has 0 bridgehead atoms. The van der Waals surface area contributed by atoms with Crippen LogP contribution in [0, 0.1) is 0 Å². The van der Waals surface area contributed by atoms with Crippen molar-refractivity contribution in [3.05, 3.63) is 97.2 Å². The van der Waals surface area contributed by atoms with Gasteiger partial charge in [-0.2, -0.15) is 0 Å². The number of ether oxygens (including phenoxy) is 4. The van der Waals surface area contributed by atoms with Gasteiger partial charge in [-0.05, 0) is 96.3 Å². The van der Waals surface area contributed by atoms with Crippen LogP contribution in [0.1, 0.15) is 232 Å². The zero-order valence-corrected chi connectivity index (χ0v) is 47.5. The molecule has 0 saturated carbocycles. The molecule has 0 fully saturated rings. The van der Waals surface area contributed by atoms with E-state index in [1.165, 1.54) is 103 Å². The van der Waals surface area contributed by atoms with Crippen LogP contribution in [0.25, 0.3) is 0 Å². The topological polar surface area (TPSA) is 111 Å². The van der Waals surface area contributed by atoms with E-state index in [0.717, 1.165) is 96.3 Å². The number of likely N-dealkylation sites (N-methyl/N-ethyl adjacent to an activating group) is 1. The molecule has 0 amide bonds. The number of unbranched alkanes of at least 4 members (excludes halogenated alkanes) is 22. The van der Waals surface area contributed by atoms with Gasteiger partial charge in [-0.1, -0.05) is 220 Å². The number of rotatable bonds is 53. The van der Waals surface area contributed by atoms with Gasteiger partial charge in [0.1, 0.15) is 13.2 Å². The molecule has 0 aliphatic carbocycles. The van der Waals surface area contributed by atoms with Crippen LogP contribution in [-0.4, -0.2) is 82.3 Å². The molecule has 0 radical (unpaired) electrons. The average Bonchev–Trinajstić information content (AvgIpc) is 3.36. The van der Waals surface area contributed by atoms with Gasteiger partial charge in [0.2, 0.25) is 0 Å². The lowest BCUT2D eigenvalue weighted by Crippen LogP contribution is -2.44. The maximum Gasteiger partial charge on any atom is 0.306 e. The number of allylic oxidation sites excluding steroid dienone is 16. The standard InChI is InChI=1S/C64H109NO8/c1-6-8-10-12-14-16-18-20-22-24-26-28-30-31-33-34-36-38-40-42-44-46-48-50-52-54-61(66)71-58-60(59-72-64(63(68)69)70-57-56-65(3,4)5)73-62(67)55-53-51-49-47-45-43-41-39-37-35-32-29-27-25-23-21-19-17-15-13-11-9-7-2/h9,11,15,17-18,20-21,23-24,26-27,29-31,35,37,60,64H,6-8,10,12-14,16,19,22,25,28,32-34,36,38-59H2,1-5H3/b11-9-,17-15-,20-18-,23-21-,26-24-,29-27-,31-30-,37-35-. The highest BCUT2D eigenvalue weighted by atomic mass is 16.7. The Bertz CT molecular complexity index is 1520. The summed E-state index contributed by atoms with van der Waals surface area (Å²) in [4.78, 5) is 37.3. The third-order valence-corrected chi connectivity index (χ3v) is 12.3. The van der Waals surface area contributed by atoms with Crippen molar-refractivity contribution in [3.8, 4) is 0 Å². The second kappa shape index (κ2) is 54.5. The number of hydrogen-bond acceptors (Lipinski definition) is 8. The third-order valence-electron chi connectivity index (χ3n) is 12.3. The number of nitrogens with zero attached hydrogens (tertiary/aromatic N) is 1. The van der Waals surface area contributed by atoms with Crippen LogP contribution < -0.4 is 5.11 Å². The van der Waals surface area contributed by atoms with Crippen LogP contribution in [0.2, 0.25) is 0 Å². The first kappa shape index (κ1) is 69.2. The SMILES string of the molecule is CC/C=C\C/C=C\C/C=C\C/C=C\C/C=C\CCCCCCCCCC(=O)OC(COC(=O)CCCCCCCCCCCC/C=C\C/C=C\C/C=C\CCCCCCC)COC(OCC[N+](C)(C)C)C(=O)[O-]. The number of aliphatic carboxylic acids is 1. The van der Waals surface area contributed by atoms with E-state index in [1.54, 1.807) is 0 Å². The van der Waals surface area contributed by atoms with Crippen molar-refractivity contribution in [2.75, 3.05) is 47.5 Å². The number of hydrogen-bond donors (Lipinski definition) is 0. The van der Waals surface area contributed by atoms with Gasteiger partial charge in [0.15, 0.2) is 12.4 Å². The van der Waals surface area contributed by atoms with E-state index in [-0.39, 0.29) is 38.6 Å². The summed E-state index contributed by atoms with van der Waals surface area (Å²) in [6.07, 6.45) is 70.2. The number of quaternary nitrogens is 1. The van der Waals surface area contributed by atoms with E-state index in [2.05, 4.69) is 111 Å². The second-order valence-corrected chi connectivity index (χ2v) is 20.5. The lowest BCUT2D eigenvalue weighted by Gasteiger charge is -2.26. The summed E-state index contributed by atoms with van der Waals surface area (Å²) >= 11 is 0. The summed E-state index contributed by atoms with van der Waals surface area (Å²) in [6, 6.07) is 0. The number of carboxylic acids is 1. The van der Waals surface area contributed by atoms with E-state index in [9.17, 15) is 19.5 Å². The molecular formula is C64H109NO8. The van der Waals surface area contributed by atoms with Crippen LogP contribution >= 0.6 is 0 Å². The minimum Gasteiger partial charge on any atom is -0.545 e. The lowest BCUT2D eigenvalue weighted by atomic mass is 10.1. The van der Waals surface area contributed by atoms with Gasteiger partial charge in [-0.3, -0.25) is 9.59 Å². The summed E-state index contributed by atoms with van der Waals surface area (Å²) in [5.41, 5.74) is 0. The smallest absolute Gasteiger partial charge is 0.306 e. The molecule has 0 aromatic heterocycles. The monoisotopic (exact) mass is 1020 g/mol. The lowest BCUT2D eigenvalue weighted by molar-refractivity contribution is -0.870. The van der Waals surface area contributed by atoms with E-state index in [1.807, 2.05) is 21.1 Å². The Morgan fingerprint density at radius 1 is 0.425 bits per heavy atom. The molecule has 0 heterocycles. The zero-order valence-electron chi connectivity index (χ0n) is 47.5. The van der Waals surface area contributed by atoms with Gasteiger partial charge in [0.25, 0.3) is 0 Å².